The molecule has 0 amide bonds. The summed E-state index contributed by atoms with van der Waals surface area (Å²) in [5, 5.41) is 7.63. The number of hydrogen-bond acceptors (Lipinski definition) is 2. The predicted molar refractivity (Wildman–Crippen MR) is 153 cm³/mol. The number of nitrogens with two attached hydrogens (primary N) is 1. The molecule has 3 aromatic rings. The molecule has 0 radical (unpaired) electrons. The van der Waals surface area contributed by atoms with Crippen LogP contribution >= 0.6 is 0 Å². The van der Waals surface area contributed by atoms with E-state index in [1.807, 2.05) is 19.1 Å². The smallest absolute Gasteiger partial charge is 0.214 e. The summed E-state index contributed by atoms with van der Waals surface area (Å²) in [6.45, 7) is 10.3. The summed E-state index contributed by atoms with van der Waals surface area (Å²) in [6, 6.07) is 20.6. The third-order valence-corrected chi connectivity index (χ3v) is 7.11. The highest BCUT2D eigenvalue weighted by atomic mass is 19.1. The number of hydrogen-bond donors (Lipinski definition) is 2. The second-order valence-electron chi connectivity index (χ2n) is 9.84. The van der Waals surface area contributed by atoms with Crippen LogP contribution in [0.3, 0.4) is 0 Å². The van der Waals surface area contributed by atoms with Gasteiger partial charge in [-0.1, -0.05) is 86.2 Å². The molecule has 184 valence electrons. The van der Waals surface area contributed by atoms with Gasteiger partial charge in [0.05, 0.1) is 5.56 Å². The zero-order valence-corrected chi connectivity index (χ0v) is 21.5. The van der Waals surface area contributed by atoms with Gasteiger partial charge < -0.3 is 5.73 Å². The molecule has 0 unspecified atom stereocenters. The van der Waals surface area contributed by atoms with E-state index in [0.29, 0.717) is 5.92 Å². The summed E-state index contributed by atoms with van der Waals surface area (Å²) in [5.41, 5.74) is 16.7. The lowest BCUT2D eigenvalue weighted by Gasteiger charge is -2.32. The van der Waals surface area contributed by atoms with E-state index in [9.17, 15) is 4.39 Å². The molecular formula is C33H35FN2. The van der Waals surface area contributed by atoms with E-state index in [1.54, 1.807) is 12.1 Å². The molecule has 1 fully saturated rings. The number of allylic oxidation sites excluding steroid dienone is 3. The average molecular weight is 479 g/mol. The Balaban J connectivity index is 1.99. The van der Waals surface area contributed by atoms with Crippen LogP contribution in [0.1, 0.15) is 72.1 Å². The van der Waals surface area contributed by atoms with E-state index in [0.717, 1.165) is 47.1 Å². The second kappa shape index (κ2) is 10.9. The standard InChI is InChI=1S/C33H35FN2/c1-5-23-13-17-28(22(4)19-23)32(25-7-6-8-25)31(27-16-18-30(35)29(20-27)33(34)36)26-14-11-24(12-15-26)10-9-21(2)3/h9-20,25,36H,2,5-8,35H2,1,3-4H3/b10-9+,32-31+,36-33?. The van der Waals surface area contributed by atoms with E-state index in [-0.39, 0.29) is 11.3 Å². The number of halogens is 1. The Labute approximate surface area is 214 Å². The minimum atomic E-state index is -1.01. The Kier molecular flexibility index (Phi) is 7.69. The number of nitrogens with one attached hydrogen (secondary N) is 1. The molecule has 3 N–H and O–H groups in total. The zero-order valence-electron chi connectivity index (χ0n) is 21.5. The van der Waals surface area contributed by atoms with Gasteiger partial charge in [0.25, 0.3) is 0 Å². The Morgan fingerprint density at radius 2 is 1.72 bits per heavy atom. The van der Waals surface area contributed by atoms with Crippen LogP contribution in [0.25, 0.3) is 17.2 Å². The van der Waals surface area contributed by atoms with Gasteiger partial charge in [-0.15, -0.1) is 0 Å². The lowest BCUT2D eigenvalue weighted by Crippen LogP contribution is -2.16. The Morgan fingerprint density at radius 3 is 2.28 bits per heavy atom. The Hall–Kier alpha value is -3.72. The largest absolute Gasteiger partial charge is 0.398 e. The summed E-state index contributed by atoms with van der Waals surface area (Å²) in [5.74, 6) is -0.581. The first-order valence-electron chi connectivity index (χ1n) is 12.7. The van der Waals surface area contributed by atoms with Crippen molar-refractivity contribution in [2.45, 2.75) is 46.5 Å². The maximum Gasteiger partial charge on any atom is 0.214 e. The van der Waals surface area contributed by atoms with Crippen molar-refractivity contribution < 1.29 is 4.39 Å². The molecule has 0 heterocycles. The van der Waals surface area contributed by atoms with Crippen molar-refractivity contribution in [3.8, 4) is 0 Å². The zero-order chi connectivity index (χ0) is 25.8. The molecule has 1 aliphatic carbocycles. The summed E-state index contributed by atoms with van der Waals surface area (Å²) in [6.07, 6.45) is 8.53. The minimum Gasteiger partial charge on any atom is -0.398 e. The van der Waals surface area contributed by atoms with Crippen LogP contribution in [-0.2, 0) is 6.42 Å². The lowest BCUT2D eigenvalue weighted by molar-refractivity contribution is 0.401. The van der Waals surface area contributed by atoms with E-state index in [4.69, 9.17) is 11.1 Å². The monoisotopic (exact) mass is 478 g/mol. The van der Waals surface area contributed by atoms with Crippen LogP contribution in [0.2, 0.25) is 0 Å². The van der Waals surface area contributed by atoms with Gasteiger partial charge in [0.15, 0.2) is 0 Å². The highest BCUT2D eigenvalue weighted by Gasteiger charge is 2.28. The van der Waals surface area contributed by atoms with Gasteiger partial charge in [0, 0.05) is 5.69 Å². The van der Waals surface area contributed by atoms with E-state index < -0.39 is 5.97 Å². The molecule has 3 heteroatoms. The highest BCUT2D eigenvalue weighted by Crippen LogP contribution is 2.46. The van der Waals surface area contributed by atoms with Crippen molar-refractivity contribution in [3.05, 3.63) is 118 Å². The number of aryl methyl sites for hydroxylation is 2. The molecule has 3 aromatic carbocycles. The molecule has 0 saturated heterocycles. The molecule has 1 saturated carbocycles. The quantitative estimate of drug-likeness (QED) is 0.144. The fourth-order valence-corrected chi connectivity index (χ4v) is 4.88. The van der Waals surface area contributed by atoms with Gasteiger partial charge in [-0.05, 0) is 95.7 Å². The summed E-state index contributed by atoms with van der Waals surface area (Å²) in [4.78, 5) is 0. The van der Waals surface area contributed by atoms with Gasteiger partial charge in [-0.2, -0.15) is 4.39 Å². The van der Waals surface area contributed by atoms with E-state index in [2.05, 4.69) is 69.0 Å². The van der Waals surface area contributed by atoms with Crippen LogP contribution in [0.4, 0.5) is 10.1 Å². The third kappa shape index (κ3) is 5.41. The molecule has 36 heavy (non-hydrogen) atoms. The van der Waals surface area contributed by atoms with Crippen molar-refractivity contribution >= 4 is 28.9 Å². The fraction of sp³-hybridized carbons (Fsp3) is 0.242. The number of benzene rings is 3. The molecule has 0 spiro atoms. The van der Waals surface area contributed by atoms with E-state index in [1.165, 1.54) is 28.7 Å². The third-order valence-electron chi connectivity index (χ3n) is 7.11. The molecule has 0 bridgehead atoms. The summed E-state index contributed by atoms with van der Waals surface area (Å²) < 4.78 is 14.1. The SMILES string of the molecule is C=C(C)/C=C/c1ccc(/C(=C(\c2ccc(CC)cc2C)C2CCC2)c2ccc(N)c(C(=N)F)c2)cc1. The second-order valence-corrected chi connectivity index (χ2v) is 9.84. The van der Waals surface area contributed by atoms with Crippen LogP contribution in [0, 0.1) is 18.3 Å². The van der Waals surface area contributed by atoms with Crippen molar-refractivity contribution in [1.82, 2.24) is 0 Å². The Bertz CT molecular complexity index is 1350. The first-order chi connectivity index (χ1) is 17.3. The number of nitrogen functional groups attached to an aromatic ring is 1. The first-order valence-corrected chi connectivity index (χ1v) is 12.7. The van der Waals surface area contributed by atoms with Crippen LogP contribution in [0.15, 0.2) is 78.9 Å². The maximum absolute atomic E-state index is 14.1. The van der Waals surface area contributed by atoms with Gasteiger partial charge >= 0.3 is 0 Å². The normalized spacial score (nSPS) is 14.4. The van der Waals surface area contributed by atoms with Crippen molar-refractivity contribution in [3.63, 3.8) is 0 Å². The topological polar surface area (TPSA) is 49.9 Å². The molecular weight excluding hydrogens is 443 g/mol. The van der Waals surface area contributed by atoms with Crippen molar-refractivity contribution in [1.29, 1.82) is 5.41 Å². The number of rotatable bonds is 8. The fourth-order valence-electron chi connectivity index (χ4n) is 4.88. The van der Waals surface area contributed by atoms with Crippen molar-refractivity contribution in [2.75, 3.05) is 5.73 Å². The average Bonchev–Trinajstić information content (AvgIpc) is 2.82. The van der Waals surface area contributed by atoms with Crippen molar-refractivity contribution in [2.24, 2.45) is 5.92 Å². The molecule has 0 aliphatic heterocycles. The minimum absolute atomic E-state index is 0.136. The summed E-state index contributed by atoms with van der Waals surface area (Å²) in [7, 11) is 0. The first kappa shape index (κ1) is 25.4. The lowest BCUT2D eigenvalue weighted by atomic mass is 9.72. The van der Waals surface area contributed by atoms with Crippen LogP contribution in [-0.4, -0.2) is 5.97 Å². The Morgan fingerprint density at radius 1 is 1.03 bits per heavy atom. The van der Waals surface area contributed by atoms with Gasteiger partial charge in [-0.25, -0.2) is 0 Å². The molecule has 0 atom stereocenters. The van der Waals surface area contributed by atoms with Gasteiger partial charge in [0.1, 0.15) is 0 Å². The number of anilines is 1. The van der Waals surface area contributed by atoms with E-state index >= 15 is 0 Å². The van der Waals surface area contributed by atoms with Crippen LogP contribution < -0.4 is 5.73 Å². The molecule has 0 aromatic heterocycles. The molecule has 4 rings (SSSR count). The van der Waals surface area contributed by atoms with Gasteiger partial charge in [-0.3, -0.25) is 5.41 Å². The maximum atomic E-state index is 14.1. The molecule has 2 nitrogen and oxygen atoms in total. The predicted octanol–water partition coefficient (Wildman–Crippen LogP) is 8.78. The highest BCUT2D eigenvalue weighted by molar-refractivity contribution is 6.03. The van der Waals surface area contributed by atoms with Crippen LogP contribution in [0.5, 0.6) is 0 Å². The summed E-state index contributed by atoms with van der Waals surface area (Å²) >= 11 is 0. The molecule has 1 aliphatic rings. The van der Waals surface area contributed by atoms with Gasteiger partial charge in [0.2, 0.25) is 5.97 Å².